The van der Waals surface area contributed by atoms with Crippen molar-refractivity contribution in [1.82, 2.24) is 20.4 Å². The van der Waals surface area contributed by atoms with E-state index in [9.17, 15) is 4.79 Å². The number of carbonyl (C=O) groups is 1. The van der Waals surface area contributed by atoms with E-state index in [2.05, 4.69) is 22.4 Å². The topological polar surface area (TPSA) is 61.0 Å². The molecule has 1 aromatic heterocycles. The maximum atomic E-state index is 12.4. The minimum absolute atomic E-state index is 0.0474. The van der Waals surface area contributed by atoms with Crippen LogP contribution < -0.4 is 5.32 Å². The fraction of sp³-hybridized carbons (Fsp3) is 0.667. The lowest BCUT2D eigenvalue weighted by atomic mass is 10.1. The van der Waals surface area contributed by atoms with Gasteiger partial charge in [-0.2, -0.15) is 5.10 Å². The van der Waals surface area contributed by atoms with E-state index in [-0.39, 0.29) is 11.4 Å². The van der Waals surface area contributed by atoms with Gasteiger partial charge in [-0.05, 0) is 19.8 Å². The number of aromatic nitrogens is 2. The molecular formula is C12H18N4O. The molecule has 92 valence electrons. The van der Waals surface area contributed by atoms with Crippen molar-refractivity contribution in [2.75, 3.05) is 13.6 Å². The molecule has 3 rings (SSSR count). The van der Waals surface area contributed by atoms with Crippen molar-refractivity contribution in [3.63, 3.8) is 0 Å². The van der Waals surface area contributed by atoms with Gasteiger partial charge in [-0.15, -0.1) is 0 Å². The van der Waals surface area contributed by atoms with Gasteiger partial charge in [0, 0.05) is 43.4 Å². The van der Waals surface area contributed by atoms with Crippen LogP contribution in [0.2, 0.25) is 0 Å². The maximum absolute atomic E-state index is 12.4. The second kappa shape index (κ2) is 3.57. The minimum Gasteiger partial charge on any atom is -0.335 e. The molecule has 0 saturated heterocycles. The Morgan fingerprint density at radius 3 is 2.94 bits per heavy atom. The van der Waals surface area contributed by atoms with Crippen molar-refractivity contribution in [1.29, 1.82) is 0 Å². The number of H-pyrrole nitrogens is 1. The van der Waals surface area contributed by atoms with Gasteiger partial charge in [0.1, 0.15) is 0 Å². The molecule has 1 aliphatic carbocycles. The predicted octanol–water partition coefficient (Wildman–Crippen LogP) is 0.680. The first kappa shape index (κ1) is 10.8. The van der Waals surface area contributed by atoms with Gasteiger partial charge >= 0.3 is 0 Å². The Morgan fingerprint density at radius 1 is 1.47 bits per heavy atom. The summed E-state index contributed by atoms with van der Waals surface area (Å²) in [4.78, 5) is 14.2. The number of nitrogens with one attached hydrogen (secondary N) is 2. The van der Waals surface area contributed by atoms with Crippen molar-refractivity contribution in [2.24, 2.45) is 0 Å². The standard InChI is InChI=1S/C12H18N4O/c1-12(4-5-12)16(2)11(17)10-8-7-13-6-3-9(8)14-15-10/h13H,3-7H2,1-2H3,(H,14,15). The summed E-state index contributed by atoms with van der Waals surface area (Å²) in [5.74, 6) is 0.0474. The van der Waals surface area contributed by atoms with E-state index in [0.717, 1.165) is 43.6 Å². The summed E-state index contributed by atoms with van der Waals surface area (Å²) in [6.45, 7) is 3.83. The van der Waals surface area contributed by atoms with Crippen LogP contribution in [0.25, 0.3) is 0 Å². The number of rotatable bonds is 2. The Kier molecular flexibility index (Phi) is 2.26. The van der Waals surface area contributed by atoms with Crippen LogP contribution >= 0.6 is 0 Å². The fourth-order valence-electron chi connectivity index (χ4n) is 2.32. The second-order valence-corrected chi connectivity index (χ2v) is 5.32. The molecule has 0 spiro atoms. The van der Waals surface area contributed by atoms with Gasteiger partial charge in [0.25, 0.3) is 5.91 Å². The first-order valence-electron chi connectivity index (χ1n) is 6.17. The molecule has 0 atom stereocenters. The van der Waals surface area contributed by atoms with Gasteiger partial charge in [-0.1, -0.05) is 0 Å². The summed E-state index contributed by atoms with van der Waals surface area (Å²) < 4.78 is 0. The smallest absolute Gasteiger partial charge is 0.274 e. The van der Waals surface area contributed by atoms with Crippen LogP contribution in [0.5, 0.6) is 0 Å². The highest BCUT2D eigenvalue weighted by atomic mass is 16.2. The third-order valence-electron chi connectivity index (χ3n) is 4.10. The van der Waals surface area contributed by atoms with Crippen molar-refractivity contribution < 1.29 is 4.79 Å². The number of hydrogen-bond acceptors (Lipinski definition) is 3. The molecule has 0 bridgehead atoms. The van der Waals surface area contributed by atoms with Crippen molar-refractivity contribution in [3.05, 3.63) is 17.0 Å². The molecule has 1 aromatic rings. The van der Waals surface area contributed by atoms with Gasteiger partial charge in [-0.25, -0.2) is 0 Å². The zero-order valence-corrected chi connectivity index (χ0v) is 10.3. The highest BCUT2D eigenvalue weighted by Crippen LogP contribution is 2.40. The first-order chi connectivity index (χ1) is 8.12. The molecule has 0 radical (unpaired) electrons. The zero-order valence-electron chi connectivity index (χ0n) is 10.3. The zero-order chi connectivity index (χ0) is 12.0. The molecule has 1 amide bonds. The molecule has 2 aliphatic rings. The second-order valence-electron chi connectivity index (χ2n) is 5.32. The first-order valence-corrected chi connectivity index (χ1v) is 6.17. The van der Waals surface area contributed by atoms with E-state index >= 15 is 0 Å². The Hall–Kier alpha value is -1.36. The van der Waals surface area contributed by atoms with E-state index < -0.39 is 0 Å². The molecule has 2 N–H and O–H groups in total. The molecule has 5 nitrogen and oxygen atoms in total. The molecule has 0 aromatic carbocycles. The lowest BCUT2D eigenvalue weighted by molar-refractivity contribution is 0.0716. The summed E-state index contributed by atoms with van der Waals surface area (Å²) in [6, 6.07) is 0. The summed E-state index contributed by atoms with van der Waals surface area (Å²) >= 11 is 0. The van der Waals surface area contributed by atoms with E-state index in [1.165, 1.54) is 0 Å². The normalized spacial score (nSPS) is 20.8. The molecule has 0 unspecified atom stereocenters. The lowest BCUT2D eigenvalue weighted by Gasteiger charge is -2.24. The predicted molar refractivity (Wildman–Crippen MR) is 63.7 cm³/mol. The number of fused-ring (bicyclic) bond motifs is 1. The maximum Gasteiger partial charge on any atom is 0.274 e. The lowest BCUT2D eigenvalue weighted by Crippen LogP contribution is -2.38. The Bertz CT molecular complexity index is 461. The van der Waals surface area contributed by atoms with Crippen molar-refractivity contribution >= 4 is 5.91 Å². The van der Waals surface area contributed by atoms with Gasteiger partial charge in [0.2, 0.25) is 0 Å². The molecule has 1 saturated carbocycles. The van der Waals surface area contributed by atoms with E-state index in [1.54, 1.807) is 0 Å². The third kappa shape index (κ3) is 1.65. The van der Waals surface area contributed by atoms with Gasteiger partial charge in [0.15, 0.2) is 5.69 Å². The average molecular weight is 234 g/mol. The van der Waals surface area contributed by atoms with Crippen LogP contribution in [0.3, 0.4) is 0 Å². The fourth-order valence-corrected chi connectivity index (χ4v) is 2.32. The van der Waals surface area contributed by atoms with Crippen molar-refractivity contribution in [3.8, 4) is 0 Å². The van der Waals surface area contributed by atoms with Crippen LogP contribution in [-0.4, -0.2) is 40.1 Å². The van der Waals surface area contributed by atoms with Crippen LogP contribution in [0, 0.1) is 0 Å². The summed E-state index contributed by atoms with van der Waals surface area (Å²) in [6.07, 6.45) is 3.12. The summed E-state index contributed by atoms with van der Waals surface area (Å²) in [5.41, 5.74) is 2.83. The van der Waals surface area contributed by atoms with Gasteiger partial charge in [-0.3, -0.25) is 9.89 Å². The molecule has 2 heterocycles. The Morgan fingerprint density at radius 2 is 2.24 bits per heavy atom. The number of amides is 1. The largest absolute Gasteiger partial charge is 0.335 e. The summed E-state index contributed by atoms with van der Waals surface area (Å²) in [5, 5.41) is 10.5. The Labute approximate surface area is 101 Å². The van der Waals surface area contributed by atoms with Gasteiger partial charge < -0.3 is 10.2 Å². The third-order valence-corrected chi connectivity index (χ3v) is 4.10. The monoisotopic (exact) mass is 234 g/mol. The van der Waals surface area contributed by atoms with Gasteiger partial charge in [0.05, 0.1) is 0 Å². The van der Waals surface area contributed by atoms with Crippen LogP contribution in [0.4, 0.5) is 0 Å². The van der Waals surface area contributed by atoms with E-state index in [1.807, 2.05) is 11.9 Å². The highest BCUT2D eigenvalue weighted by molar-refractivity contribution is 5.94. The summed E-state index contributed by atoms with van der Waals surface area (Å²) in [7, 11) is 1.88. The number of aromatic amines is 1. The molecule has 17 heavy (non-hydrogen) atoms. The highest BCUT2D eigenvalue weighted by Gasteiger charge is 2.44. The molecule has 1 aliphatic heterocycles. The molecule has 5 heteroatoms. The number of nitrogens with zero attached hydrogens (tertiary/aromatic N) is 2. The minimum atomic E-state index is 0.0474. The SMILES string of the molecule is CN(C(=O)c1n[nH]c2c1CNCC2)C1(C)CC1. The van der Waals surface area contributed by atoms with Crippen LogP contribution in [-0.2, 0) is 13.0 Å². The Balaban J connectivity index is 1.88. The van der Waals surface area contributed by atoms with E-state index in [0.29, 0.717) is 5.69 Å². The number of hydrogen-bond donors (Lipinski definition) is 2. The van der Waals surface area contributed by atoms with Crippen LogP contribution in [0.1, 0.15) is 41.5 Å². The molecule has 1 fully saturated rings. The average Bonchev–Trinajstić information content (AvgIpc) is 2.95. The number of carbonyl (C=O) groups excluding carboxylic acids is 1. The quantitative estimate of drug-likeness (QED) is 0.791. The molecular weight excluding hydrogens is 216 g/mol. The van der Waals surface area contributed by atoms with E-state index in [4.69, 9.17) is 0 Å². The van der Waals surface area contributed by atoms with Crippen LogP contribution in [0.15, 0.2) is 0 Å². The van der Waals surface area contributed by atoms with Crippen molar-refractivity contribution in [2.45, 2.75) is 38.3 Å².